The van der Waals surface area contributed by atoms with Crippen LogP contribution >= 0.6 is 11.6 Å². The van der Waals surface area contributed by atoms with Crippen molar-refractivity contribution in [1.29, 1.82) is 0 Å². The van der Waals surface area contributed by atoms with Gasteiger partial charge in [-0.25, -0.2) is 0 Å². The lowest BCUT2D eigenvalue weighted by molar-refractivity contribution is 0.288. The van der Waals surface area contributed by atoms with Crippen LogP contribution in [-0.2, 0) is 13.5 Å². The fraction of sp³-hybridized carbons (Fsp3) is 0.769. The van der Waals surface area contributed by atoms with Gasteiger partial charge in [0.25, 0.3) is 0 Å². The van der Waals surface area contributed by atoms with Gasteiger partial charge in [0.2, 0.25) is 0 Å². The Bertz CT molecular complexity index is 310. The van der Waals surface area contributed by atoms with E-state index in [4.69, 9.17) is 11.6 Å². The van der Waals surface area contributed by atoms with Crippen molar-refractivity contribution in [3.05, 3.63) is 18.0 Å². The quantitative estimate of drug-likeness (QED) is 0.573. The van der Waals surface area contributed by atoms with Crippen LogP contribution in [0.4, 0.5) is 0 Å². The average molecular weight is 258 g/mol. The van der Waals surface area contributed by atoms with Gasteiger partial charge in [0.1, 0.15) is 0 Å². The number of halogens is 1. The number of aryl methyl sites for hydroxylation is 1. The van der Waals surface area contributed by atoms with E-state index in [-0.39, 0.29) is 5.41 Å². The van der Waals surface area contributed by atoms with Gasteiger partial charge >= 0.3 is 0 Å². The first kappa shape index (κ1) is 14.5. The van der Waals surface area contributed by atoms with Crippen molar-refractivity contribution in [3.63, 3.8) is 0 Å². The summed E-state index contributed by atoms with van der Waals surface area (Å²) in [4.78, 5) is 0. The third kappa shape index (κ3) is 4.32. The Hall–Kier alpha value is -0.540. The van der Waals surface area contributed by atoms with Gasteiger partial charge in [-0.2, -0.15) is 5.10 Å². The van der Waals surface area contributed by atoms with E-state index in [0.29, 0.717) is 0 Å². The molecule has 1 aromatic rings. The van der Waals surface area contributed by atoms with Gasteiger partial charge < -0.3 is 5.32 Å². The summed E-state index contributed by atoms with van der Waals surface area (Å²) < 4.78 is 1.84. The molecule has 0 saturated carbocycles. The minimum absolute atomic E-state index is 0.260. The van der Waals surface area contributed by atoms with Crippen molar-refractivity contribution in [2.75, 3.05) is 19.0 Å². The molecule has 0 saturated heterocycles. The van der Waals surface area contributed by atoms with Gasteiger partial charge in [-0.3, -0.25) is 4.68 Å². The highest BCUT2D eigenvalue weighted by Crippen LogP contribution is 2.26. The van der Waals surface area contributed by atoms with E-state index >= 15 is 0 Å². The highest BCUT2D eigenvalue weighted by Gasteiger charge is 2.24. The molecule has 0 aromatic carbocycles. The molecule has 1 aromatic heterocycles. The zero-order chi connectivity index (χ0) is 12.7. The van der Waals surface area contributed by atoms with E-state index in [2.05, 4.69) is 30.5 Å². The molecule has 17 heavy (non-hydrogen) atoms. The molecule has 1 N–H and O–H groups in total. The Morgan fingerprint density at radius 2 is 2.12 bits per heavy atom. The van der Waals surface area contributed by atoms with Crippen LogP contribution in [0.2, 0.25) is 0 Å². The minimum Gasteiger partial charge on any atom is -0.316 e. The maximum atomic E-state index is 6.07. The molecule has 0 fully saturated rings. The van der Waals surface area contributed by atoms with Crippen molar-refractivity contribution in [2.45, 2.75) is 33.1 Å². The molecular weight excluding hydrogens is 234 g/mol. The van der Waals surface area contributed by atoms with Crippen LogP contribution in [0.3, 0.4) is 0 Å². The molecule has 1 rings (SSSR count). The average Bonchev–Trinajstić information content (AvgIpc) is 2.76. The first-order chi connectivity index (χ1) is 8.15. The highest BCUT2D eigenvalue weighted by molar-refractivity contribution is 6.18. The second-order valence-corrected chi connectivity index (χ2v) is 5.06. The van der Waals surface area contributed by atoms with E-state index in [1.54, 1.807) is 0 Å². The van der Waals surface area contributed by atoms with E-state index in [9.17, 15) is 0 Å². The summed E-state index contributed by atoms with van der Waals surface area (Å²) in [5.74, 6) is 0.736. The number of nitrogens with one attached hydrogen (secondary N) is 1. The normalized spacial score (nSPS) is 12.0. The first-order valence-corrected chi connectivity index (χ1v) is 6.93. The zero-order valence-corrected chi connectivity index (χ0v) is 11.9. The molecule has 0 radical (unpaired) electrons. The number of rotatable bonds is 8. The standard InChI is InChI=1S/C13H24ClN3/c1-4-13(5-2,10-14)11-15-7-6-12-8-16-17(3)9-12/h8-9,15H,4-7,10-11H2,1-3H3. The van der Waals surface area contributed by atoms with Gasteiger partial charge in [-0.05, 0) is 36.8 Å². The molecule has 0 atom stereocenters. The van der Waals surface area contributed by atoms with E-state index in [0.717, 1.165) is 38.2 Å². The van der Waals surface area contributed by atoms with E-state index < -0.39 is 0 Å². The van der Waals surface area contributed by atoms with Crippen molar-refractivity contribution >= 4 is 11.6 Å². The lowest BCUT2D eigenvalue weighted by atomic mass is 9.84. The number of hydrogen-bond donors (Lipinski definition) is 1. The fourth-order valence-corrected chi connectivity index (χ4v) is 2.40. The van der Waals surface area contributed by atoms with Crippen LogP contribution in [0.5, 0.6) is 0 Å². The van der Waals surface area contributed by atoms with Crippen LogP contribution in [0.15, 0.2) is 12.4 Å². The first-order valence-electron chi connectivity index (χ1n) is 6.40. The number of alkyl halides is 1. The SMILES string of the molecule is CCC(CC)(CCl)CNCCc1cnn(C)c1. The highest BCUT2D eigenvalue weighted by atomic mass is 35.5. The van der Waals surface area contributed by atoms with E-state index in [1.807, 2.05) is 17.9 Å². The number of hydrogen-bond acceptors (Lipinski definition) is 2. The van der Waals surface area contributed by atoms with Crippen LogP contribution < -0.4 is 5.32 Å². The summed E-state index contributed by atoms with van der Waals surface area (Å²) >= 11 is 6.07. The molecule has 0 amide bonds. The zero-order valence-electron chi connectivity index (χ0n) is 11.2. The largest absolute Gasteiger partial charge is 0.316 e. The summed E-state index contributed by atoms with van der Waals surface area (Å²) in [7, 11) is 1.95. The van der Waals surface area contributed by atoms with Gasteiger partial charge in [0.15, 0.2) is 0 Å². The number of nitrogens with zero attached hydrogens (tertiary/aromatic N) is 2. The minimum atomic E-state index is 0.260. The summed E-state index contributed by atoms with van der Waals surface area (Å²) in [6, 6.07) is 0. The summed E-state index contributed by atoms with van der Waals surface area (Å²) in [5.41, 5.74) is 1.54. The van der Waals surface area contributed by atoms with Gasteiger partial charge in [-0.1, -0.05) is 13.8 Å². The molecule has 0 spiro atoms. The molecule has 98 valence electrons. The predicted octanol–water partition coefficient (Wildman–Crippen LogP) is 2.60. The van der Waals surface area contributed by atoms with Crippen molar-refractivity contribution < 1.29 is 0 Å². The lowest BCUT2D eigenvalue weighted by Crippen LogP contribution is -2.35. The van der Waals surface area contributed by atoms with Crippen molar-refractivity contribution in [2.24, 2.45) is 12.5 Å². The molecular formula is C13H24ClN3. The van der Waals surface area contributed by atoms with Crippen LogP contribution in [-0.4, -0.2) is 28.8 Å². The Labute approximate surface area is 110 Å². The third-order valence-electron chi connectivity index (χ3n) is 3.63. The summed E-state index contributed by atoms with van der Waals surface area (Å²) in [5, 5.41) is 7.68. The van der Waals surface area contributed by atoms with Gasteiger partial charge in [0.05, 0.1) is 6.20 Å². The molecule has 3 nitrogen and oxygen atoms in total. The molecule has 1 heterocycles. The maximum absolute atomic E-state index is 6.07. The van der Waals surface area contributed by atoms with Crippen molar-refractivity contribution in [3.8, 4) is 0 Å². The van der Waals surface area contributed by atoms with Gasteiger partial charge in [0, 0.05) is 25.7 Å². The molecule has 4 heteroatoms. The monoisotopic (exact) mass is 257 g/mol. The number of aromatic nitrogens is 2. The third-order valence-corrected chi connectivity index (χ3v) is 4.20. The van der Waals surface area contributed by atoms with Crippen LogP contribution in [0.25, 0.3) is 0 Å². The van der Waals surface area contributed by atoms with Crippen LogP contribution in [0, 0.1) is 5.41 Å². The molecule has 0 bridgehead atoms. The summed E-state index contributed by atoms with van der Waals surface area (Å²) in [6.07, 6.45) is 7.28. The summed E-state index contributed by atoms with van der Waals surface area (Å²) in [6.45, 7) is 6.43. The second-order valence-electron chi connectivity index (χ2n) is 4.79. The Morgan fingerprint density at radius 1 is 1.41 bits per heavy atom. The van der Waals surface area contributed by atoms with Crippen molar-refractivity contribution in [1.82, 2.24) is 15.1 Å². The van der Waals surface area contributed by atoms with Gasteiger partial charge in [-0.15, -0.1) is 11.6 Å². The lowest BCUT2D eigenvalue weighted by Gasteiger charge is -2.29. The Morgan fingerprint density at radius 3 is 2.59 bits per heavy atom. The Balaban J connectivity index is 2.27. The predicted molar refractivity (Wildman–Crippen MR) is 73.5 cm³/mol. The maximum Gasteiger partial charge on any atom is 0.0522 e. The Kier molecular flexibility index (Phi) is 6.00. The molecule has 0 aliphatic heterocycles. The van der Waals surface area contributed by atoms with E-state index in [1.165, 1.54) is 5.56 Å². The molecule has 0 unspecified atom stereocenters. The molecule has 0 aliphatic carbocycles. The smallest absolute Gasteiger partial charge is 0.0522 e. The fourth-order valence-electron chi connectivity index (χ4n) is 1.92. The topological polar surface area (TPSA) is 29.9 Å². The second kappa shape index (κ2) is 7.02. The molecule has 0 aliphatic rings. The van der Waals surface area contributed by atoms with Crippen LogP contribution in [0.1, 0.15) is 32.3 Å².